The van der Waals surface area contributed by atoms with Crippen LogP contribution in [-0.2, 0) is 6.54 Å². The van der Waals surface area contributed by atoms with Gasteiger partial charge in [-0.05, 0) is 24.6 Å². The van der Waals surface area contributed by atoms with Crippen molar-refractivity contribution in [1.82, 2.24) is 24.9 Å². The van der Waals surface area contributed by atoms with Crippen LogP contribution in [0.15, 0.2) is 42.7 Å². The first-order chi connectivity index (χ1) is 11.6. The smallest absolute Gasteiger partial charge is 0.257 e. The maximum atomic E-state index is 12.5. The SMILES string of the molecule is Cc1cc(N)n2ncc(C(=O)NCc3cccc4[nH]ccc34)c2n1. The lowest BCUT2D eigenvalue weighted by Crippen LogP contribution is -2.23. The Kier molecular flexibility index (Phi) is 3.19. The van der Waals surface area contributed by atoms with E-state index in [2.05, 4.69) is 20.4 Å². The van der Waals surface area contributed by atoms with Crippen LogP contribution in [0.25, 0.3) is 16.6 Å². The van der Waals surface area contributed by atoms with E-state index in [0.717, 1.165) is 22.2 Å². The molecule has 0 aliphatic carbocycles. The van der Waals surface area contributed by atoms with Gasteiger partial charge in [0.25, 0.3) is 5.91 Å². The number of nitrogens with one attached hydrogen (secondary N) is 2. The zero-order valence-corrected chi connectivity index (χ0v) is 13.1. The molecule has 0 saturated carbocycles. The van der Waals surface area contributed by atoms with Crippen LogP contribution in [-0.4, -0.2) is 25.5 Å². The van der Waals surface area contributed by atoms with Crippen molar-refractivity contribution >= 4 is 28.3 Å². The van der Waals surface area contributed by atoms with Crippen LogP contribution in [0.2, 0.25) is 0 Å². The van der Waals surface area contributed by atoms with Gasteiger partial charge >= 0.3 is 0 Å². The molecule has 0 aliphatic rings. The van der Waals surface area contributed by atoms with E-state index in [1.807, 2.05) is 37.4 Å². The third-order valence-electron chi connectivity index (χ3n) is 4.00. The fourth-order valence-electron chi connectivity index (χ4n) is 2.85. The third-order valence-corrected chi connectivity index (χ3v) is 4.00. The van der Waals surface area contributed by atoms with Gasteiger partial charge in [0.1, 0.15) is 11.4 Å². The Balaban J connectivity index is 1.62. The predicted molar refractivity (Wildman–Crippen MR) is 91.6 cm³/mol. The molecule has 4 N–H and O–H groups in total. The molecule has 1 aromatic carbocycles. The van der Waals surface area contributed by atoms with Gasteiger partial charge in [0, 0.05) is 35.4 Å². The number of nitrogen functional groups attached to an aromatic ring is 1. The van der Waals surface area contributed by atoms with Gasteiger partial charge in [-0.3, -0.25) is 4.79 Å². The largest absolute Gasteiger partial charge is 0.384 e. The second kappa shape index (κ2) is 5.38. The van der Waals surface area contributed by atoms with Gasteiger partial charge in [-0.1, -0.05) is 12.1 Å². The highest BCUT2D eigenvalue weighted by atomic mass is 16.1. The van der Waals surface area contributed by atoms with Crippen LogP contribution in [0, 0.1) is 6.92 Å². The Morgan fingerprint density at radius 2 is 2.25 bits per heavy atom. The molecule has 3 aromatic heterocycles. The number of aromatic nitrogens is 4. The summed E-state index contributed by atoms with van der Waals surface area (Å²) >= 11 is 0. The third kappa shape index (κ3) is 2.26. The van der Waals surface area contributed by atoms with Gasteiger partial charge in [0.15, 0.2) is 5.65 Å². The maximum Gasteiger partial charge on any atom is 0.257 e. The van der Waals surface area contributed by atoms with Crippen molar-refractivity contribution in [2.75, 3.05) is 5.73 Å². The van der Waals surface area contributed by atoms with E-state index in [4.69, 9.17) is 5.73 Å². The van der Waals surface area contributed by atoms with E-state index in [9.17, 15) is 4.79 Å². The lowest BCUT2D eigenvalue weighted by Gasteiger charge is -2.06. The number of fused-ring (bicyclic) bond motifs is 2. The van der Waals surface area contributed by atoms with E-state index >= 15 is 0 Å². The lowest BCUT2D eigenvalue weighted by molar-refractivity contribution is 0.0952. The van der Waals surface area contributed by atoms with Crippen LogP contribution < -0.4 is 11.1 Å². The number of carbonyl (C=O) groups excluding carboxylic acids is 1. The molecule has 0 unspecified atom stereocenters. The molecular weight excluding hydrogens is 304 g/mol. The summed E-state index contributed by atoms with van der Waals surface area (Å²) in [6, 6.07) is 9.67. The highest BCUT2D eigenvalue weighted by Gasteiger charge is 2.15. The number of hydrogen-bond acceptors (Lipinski definition) is 4. The number of benzene rings is 1. The molecule has 0 bridgehead atoms. The Bertz CT molecular complexity index is 1060. The number of hydrogen-bond donors (Lipinski definition) is 3. The molecule has 4 rings (SSSR count). The van der Waals surface area contributed by atoms with Gasteiger partial charge in [0.2, 0.25) is 0 Å². The van der Waals surface area contributed by atoms with Crippen molar-refractivity contribution in [1.29, 1.82) is 0 Å². The number of nitrogens with two attached hydrogens (primary N) is 1. The average Bonchev–Trinajstić information content (AvgIpc) is 3.19. The van der Waals surface area contributed by atoms with Crippen LogP contribution in [0.1, 0.15) is 21.6 Å². The Morgan fingerprint density at radius 1 is 1.38 bits per heavy atom. The van der Waals surface area contributed by atoms with Gasteiger partial charge in [-0.15, -0.1) is 0 Å². The molecule has 0 radical (unpaired) electrons. The second-order valence-electron chi connectivity index (χ2n) is 5.65. The standard InChI is InChI=1S/C17H16N6O/c1-10-7-15(18)23-16(22-10)13(9-21-23)17(24)20-8-11-3-2-4-14-12(11)5-6-19-14/h2-7,9,19H,8,18H2,1H3,(H,20,24). The highest BCUT2D eigenvalue weighted by molar-refractivity contribution is 6.00. The summed E-state index contributed by atoms with van der Waals surface area (Å²) in [7, 11) is 0. The first-order valence-electron chi connectivity index (χ1n) is 7.57. The van der Waals surface area contributed by atoms with Crippen molar-refractivity contribution < 1.29 is 4.79 Å². The minimum Gasteiger partial charge on any atom is -0.384 e. The topological polar surface area (TPSA) is 101 Å². The molecular formula is C17H16N6O. The minimum atomic E-state index is -0.227. The predicted octanol–water partition coefficient (Wildman–Crippen LogP) is 2.03. The molecule has 0 saturated heterocycles. The quantitative estimate of drug-likeness (QED) is 0.537. The van der Waals surface area contributed by atoms with Crippen molar-refractivity contribution in [2.45, 2.75) is 13.5 Å². The molecule has 7 heteroatoms. The number of nitrogens with zero attached hydrogens (tertiary/aromatic N) is 3. The molecule has 7 nitrogen and oxygen atoms in total. The van der Waals surface area contributed by atoms with Gasteiger partial charge < -0.3 is 16.0 Å². The first-order valence-corrected chi connectivity index (χ1v) is 7.57. The number of aromatic amines is 1. The first kappa shape index (κ1) is 14.3. The van der Waals surface area contributed by atoms with Gasteiger partial charge in [-0.25, -0.2) is 4.98 Å². The zero-order valence-electron chi connectivity index (χ0n) is 13.1. The fraction of sp³-hybridized carbons (Fsp3) is 0.118. The Morgan fingerprint density at radius 3 is 3.12 bits per heavy atom. The van der Waals surface area contributed by atoms with E-state index in [-0.39, 0.29) is 5.91 Å². The van der Waals surface area contributed by atoms with Crippen molar-refractivity contribution in [2.24, 2.45) is 0 Å². The number of amides is 1. The van der Waals surface area contributed by atoms with Crippen LogP contribution >= 0.6 is 0 Å². The van der Waals surface area contributed by atoms with Crippen molar-refractivity contribution in [3.05, 3.63) is 59.5 Å². The molecule has 3 heterocycles. The molecule has 0 atom stereocenters. The molecule has 24 heavy (non-hydrogen) atoms. The summed E-state index contributed by atoms with van der Waals surface area (Å²) in [6.45, 7) is 2.25. The molecule has 0 aliphatic heterocycles. The van der Waals surface area contributed by atoms with Crippen LogP contribution in [0.4, 0.5) is 5.82 Å². The van der Waals surface area contributed by atoms with Crippen molar-refractivity contribution in [3.63, 3.8) is 0 Å². The summed E-state index contributed by atoms with van der Waals surface area (Å²) < 4.78 is 1.47. The number of H-pyrrole nitrogens is 1. The summed E-state index contributed by atoms with van der Waals surface area (Å²) in [5, 5.41) is 8.16. The molecule has 120 valence electrons. The Labute approximate surface area is 137 Å². The summed E-state index contributed by atoms with van der Waals surface area (Å²) in [4.78, 5) is 20.1. The monoisotopic (exact) mass is 320 g/mol. The number of anilines is 1. The molecule has 4 aromatic rings. The van der Waals surface area contributed by atoms with Crippen LogP contribution in [0.3, 0.4) is 0 Å². The summed E-state index contributed by atoms with van der Waals surface area (Å²) in [5.74, 6) is 0.226. The van der Waals surface area contributed by atoms with Crippen molar-refractivity contribution in [3.8, 4) is 0 Å². The fourth-order valence-corrected chi connectivity index (χ4v) is 2.85. The summed E-state index contributed by atoms with van der Waals surface area (Å²) in [6.07, 6.45) is 3.38. The number of aryl methyl sites for hydroxylation is 1. The van der Waals surface area contributed by atoms with E-state index in [1.54, 1.807) is 6.07 Å². The van der Waals surface area contributed by atoms with Gasteiger partial charge in [0.05, 0.1) is 6.20 Å². The maximum absolute atomic E-state index is 12.5. The summed E-state index contributed by atoms with van der Waals surface area (Å²) in [5.41, 5.74) is 9.61. The molecule has 0 spiro atoms. The van der Waals surface area contributed by atoms with E-state index in [1.165, 1.54) is 10.7 Å². The Hall–Kier alpha value is -3.35. The molecule has 1 amide bonds. The normalized spacial score (nSPS) is 11.2. The zero-order chi connectivity index (χ0) is 16.7. The lowest BCUT2D eigenvalue weighted by atomic mass is 10.1. The molecule has 0 fully saturated rings. The van der Waals surface area contributed by atoms with E-state index in [0.29, 0.717) is 23.6 Å². The average molecular weight is 320 g/mol. The highest BCUT2D eigenvalue weighted by Crippen LogP contribution is 2.18. The van der Waals surface area contributed by atoms with E-state index < -0.39 is 0 Å². The second-order valence-corrected chi connectivity index (χ2v) is 5.65. The number of carbonyl (C=O) groups is 1. The number of rotatable bonds is 3. The van der Waals surface area contributed by atoms with Gasteiger partial charge in [-0.2, -0.15) is 9.61 Å². The minimum absolute atomic E-state index is 0.227. The van der Waals surface area contributed by atoms with Crippen LogP contribution in [0.5, 0.6) is 0 Å².